The highest BCUT2D eigenvalue weighted by Gasteiger charge is 2.04. The van der Waals surface area contributed by atoms with E-state index in [1.807, 2.05) is 25.1 Å². The van der Waals surface area contributed by atoms with Crippen LogP contribution in [0.15, 0.2) is 18.2 Å². The number of carbonyl (C=O) groups excluding carboxylic acids is 1. The van der Waals surface area contributed by atoms with Crippen molar-refractivity contribution in [1.82, 2.24) is 5.32 Å². The van der Waals surface area contributed by atoms with Gasteiger partial charge in [-0.15, -0.1) is 0 Å². The Morgan fingerprint density at radius 2 is 2.12 bits per heavy atom. The van der Waals surface area contributed by atoms with Crippen molar-refractivity contribution in [2.24, 2.45) is 5.92 Å². The minimum absolute atomic E-state index is 0.109. The van der Waals surface area contributed by atoms with Crippen molar-refractivity contribution in [3.63, 3.8) is 0 Å². The lowest BCUT2D eigenvalue weighted by Crippen LogP contribution is -2.27. The zero-order chi connectivity index (χ0) is 12.8. The van der Waals surface area contributed by atoms with Crippen LogP contribution in [0.1, 0.15) is 31.4 Å². The summed E-state index contributed by atoms with van der Waals surface area (Å²) in [5, 5.41) is 2.91. The molecule has 94 valence electrons. The zero-order valence-corrected chi connectivity index (χ0v) is 10.9. The topological polar surface area (TPSA) is 55.1 Å². The van der Waals surface area contributed by atoms with Gasteiger partial charge in [0.15, 0.2) is 0 Å². The van der Waals surface area contributed by atoms with Crippen LogP contribution < -0.4 is 11.1 Å². The number of rotatable bonds is 5. The van der Waals surface area contributed by atoms with E-state index in [1.54, 1.807) is 0 Å². The molecule has 17 heavy (non-hydrogen) atoms. The van der Waals surface area contributed by atoms with E-state index in [9.17, 15) is 4.79 Å². The molecular formula is C14H22N2O. The zero-order valence-electron chi connectivity index (χ0n) is 10.9. The summed E-state index contributed by atoms with van der Waals surface area (Å²) >= 11 is 0. The van der Waals surface area contributed by atoms with Crippen molar-refractivity contribution < 1.29 is 4.79 Å². The van der Waals surface area contributed by atoms with Crippen molar-refractivity contribution in [2.75, 3.05) is 12.3 Å². The number of nitrogen functional groups attached to an aromatic ring is 1. The van der Waals surface area contributed by atoms with Gasteiger partial charge in [-0.2, -0.15) is 0 Å². The number of hydrogen-bond donors (Lipinski definition) is 2. The van der Waals surface area contributed by atoms with Gasteiger partial charge in [0, 0.05) is 18.7 Å². The molecule has 0 unspecified atom stereocenters. The van der Waals surface area contributed by atoms with Crippen LogP contribution in [0, 0.1) is 12.8 Å². The number of amides is 1. The maximum absolute atomic E-state index is 11.5. The second-order valence-electron chi connectivity index (χ2n) is 4.89. The number of nitrogens with one attached hydrogen (secondary N) is 1. The van der Waals surface area contributed by atoms with Gasteiger partial charge in [0.05, 0.1) is 0 Å². The molecule has 0 radical (unpaired) electrons. The summed E-state index contributed by atoms with van der Waals surface area (Å²) in [5.74, 6) is 0.604. The molecule has 0 spiro atoms. The van der Waals surface area contributed by atoms with Crippen molar-refractivity contribution in [3.05, 3.63) is 29.3 Å². The molecule has 0 aliphatic heterocycles. The predicted molar refractivity (Wildman–Crippen MR) is 71.8 cm³/mol. The molecule has 0 saturated carbocycles. The average molecular weight is 234 g/mol. The maximum atomic E-state index is 11.5. The molecule has 1 aromatic carbocycles. The summed E-state index contributed by atoms with van der Waals surface area (Å²) in [6, 6.07) is 5.98. The Balaban J connectivity index is 2.39. The molecule has 1 amide bonds. The first-order valence-electron chi connectivity index (χ1n) is 6.10. The van der Waals surface area contributed by atoms with E-state index in [1.165, 1.54) is 0 Å². The standard InChI is InChI=1S/C14H22N2O/c1-10(2)9-16-14(17)7-6-12-5-4-11(3)13(15)8-12/h4-5,8,10H,6-7,9,15H2,1-3H3,(H,16,17). The molecule has 1 aromatic rings. The quantitative estimate of drug-likeness (QED) is 0.768. The monoisotopic (exact) mass is 234 g/mol. The van der Waals surface area contributed by atoms with Crippen LogP contribution >= 0.6 is 0 Å². The van der Waals surface area contributed by atoms with E-state index >= 15 is 0 Å². The van der Waals surface area contributed by atoms with Gasteiger partial charge in [-0.1, -0.05) is 26.0 Å². The third-order valence-electron chi connectivity index (χ3n) is 2.69. The highest BCUT2D eigenvalue weighted by atomic mass is 16.1. The molecule has 3 N–H and O–H groups in total. The van der Waals surface area contributed by atoms with Gasteiger partial charge in [-0.25, -0.2) is 0 Å². The van der Waals surface area contributed by atoms with Gasteiger partial charge >= 0.3 is 0 Å². The number of nitrogens with two attached hydrogens (primary N) is 1. The summed E-state index contributed by atoms with van der Waals surface area (Å²) in [4.78, 5) is 11.5. The molecule has 0 heterocycles. The smallest absolute Gasteiger partial charge is 0.220 e. The molecule has 0 aromatic heterocycles. The van der Waals surface area contributed by atoms with Gasteiger partial charge in [0.1, 0.15) is 0 Å². The molecule has 0 atom stereocenters. The van der Waals surface area contributed by atoms with Gasteiger partial charge < -0.3 is 11.1 Å². The van der Waals surface area contributed by atoms with E-state index in [0.717, 1.165) is 29.8 Å². The van der Waals surface area contributed by atoms with Crippen LogP contribution in [-0.4, -0.2) is 12.5 Å². The third-order valence-corrected chi connectivity index (χ3v) is 2.69. The Morgan fingerprint density at radius 1 is 1.41 bits per heavy atom. The predicted octanol–water partition coefficient (Wildman–Crippen LogP) is 2.28. The lowest BCUT2D eigenvalue weighted by atomic mass is 10.1. The maximum Gasteiger partial charge on any atom is 0.220 e. The number of anilines is 1. The molecule has 0 aliphatic rings. The summed E-state index contributed by atoms with van der Waals surface area (Å²) in [7, 11) is 0. The molecule has 3 nitrogen and oxygen atoms in total. The lowest BCUT2D eigenvalue weighted by molar-refractivity contribution is -0.121. The minimum atomic E-state index is 0.109. The summed E-state index contributed by atoms with van der Waals surface area (Å²) in [6.45, 7) is 6.89. The fraction of sp³-hybridized carbons (Fsp3) is 0.500. The summed E-state index contributed by atoms with van der Waals surface area (Å²) in [6.07, 6.45) is 1.27. The molecule has 0 saturated heterocycles. The normalized spacial score (nSPS) is 10.6. The highest BCUT2D eigenvalue weighted by molar-refractivity contribution is 5.76. The largest absolute Gasteiger partial charge is 0.399 e. The Hall–Kier alpha value is -1.51. The van der Waals surface area contributed by atoms with Crippen LogP contribution in [0.25, 0.3) is 0 Å². The van der Waals surface area contributed by atoms with E-state index in [4.69, 9.17) is 5.73 Å². The Labute approximate surface area is 103 Å². The van der Waals surface area contributed by atoms with Crippen molar-refractivity contribution in [3.8, 4) is 0 Å². The Bertz CT molecular complexity index is 386. The summed E-state index contributed by atoms with van der Waals surface area (Å²) < 4.78 is 0. The van der Waals surface area contributed by atoms with Crippen LogP contribution in [-0.2, 0) is 11.2 Å². The minimum Gasteiger partial charge on any atom is -0.399 e. The molecule has 3 heteroatoms. The van der Waals surface area contributed by atoms with Gasteiger partial charge in [-0.05, 0) is 36.5 Å². The second kappa shape index (κ2) is 6.28. The number of carbonyl (C=O) groups is 1. The first-order chi connectivity index (χ1) is 7.99. The molecule has 0 fully saturated rings. The fourth-order valence-electron chi connectivity index (χ4n) is 1.51. The number of benzene rings is 1. The van der Waals surface area contributed by atoms with Crippen molar-refractivity contribution in [1.29, 1.82) is 0 Å². The summed E-state index contributed by atoms with van der Waals surface area (Å²) in [5.41, 5.74) is 8.82. The fourth-order valence-corrected chi connectivity index (χ4v) is 1.51. The second-order valence-corrected chi connectivity index (χ2v) is 4.89. The van der Waals surface area contributed by atoms with Crippen molar-refractivity contribution >= 4 is 11.6 Å². The van der Waals surface area contributed by atoms with E-state index < -0.39 is 0 Å². The van der Waals surface area contributed by atoms with E-state index in [-0.39, 0.29) is 5.91 Å². The van der Waals surface area contributed by atoms with Crippen LogP contribution in [0.2, 0.25) is 0 Å². The van der Waals surface area contributed by atoms with E-state index in [2.05, 4.69) is 19.2 Å². The van der Waals surface area contributed by atoms with Crippen LogP contribution in [0.4, 0.5) is 5.69 Å². The highest BCUT2D eigenvalue weighted by Crippen LogP contribution is 2.14. The van der Waals surface area contributed by atoms with Crippen molar-refractivity contribution in [2.45, 2.75) is 33.6 Å². The van der Waals surface area contributed by atoms with Gasteiger partial charge in [0.25, 0.3) is 0 Å². The molecule has 0 aliphatic carbocycles. The number of aryl methyl sites for hydroxylation is 2. The first kappa shape index (κ1) is 13.6. The van der Waals surface area contributed by atoms with Crippen LogP contribution in [0.5, 0.6) is 0 Å². The lowest BCUT2D eigenvalue weighted by Gasteiger charge is -2.08. The number of hydrogen-bond acceptors (Lipinski definition) is 2. The Kier molecular flexibility index (Phi) is 5.01. The van der Waals surface area contributed by atoms with Gasteiger partial charge in [-0.3, -0.25) is 4.79 Å². The van der Waals surface area contributed by atoms with Crippen LogP contribution in [0.3, 0.4) is 0 Å². The van der Waals surface area contributed by atoms with E-state index in [0.29, 0.717) is 12.3 Å². The third kappa shape index (κ3) is 4.89. The Morgan fingerprint density at radius 3 is 2.71 bits per heavy atom. The molecule has 1 rings (SSSR count). The molecular weight excluding hydrogens is 212 g/mol. The first-order valence-corrected chi connectivity index (χ1v) is 6.10. The van der Waals surface area contributed by atoms with Gasteiger partial charge in [0.2, 0.25) is 5.91 Å². The molecule has 0 bridgehead atoms. The average Bonchev–Trinajstić information content (AvgIpc) is 2.28. The SMILES string of the molecule is Cc1ccc(CCC(=O)NCC(C)C)cc1N.